The second-order valence-corrected chi connectivity index (χ2v) is 6.10. The lowest BCUT2D eigenvalue weighted by Gasteiger charge is -2.11. The topological polar surface area (TPSA) is 70.0 Å². The fourth-order valence-electron chi connectivity index (χ4n) is 2.88. The number of imidazole rings is 1. The monoisotopic (exact) mass is 484 g/mol. The molecule has 0 amide bonds. The second kappa shape index (κ2) is 10.9. The van der Waals surface area contributed by atoms with Gasteiger partial charge in [0.1, 0.15) is 5.82 Å². The Labute approximate surface area is 175 Å². The number of nitrogens with one attached hydrogen (secondary N) is 3. The van der Waals surface area contributed by atoms with Crippen molar-refractivity contribution in [2.45, 2.75) is 26.3 Å². The van der Waals surface area contributed by atoms with Crippen molar-refractivity contribution in [2.75, 3.05) is 19.6 Å². The van der Waals surface area contributed by atoms with E-state index in [1.807, 2.05) is 30.2 Å². The number of aromatic nitrogens is 3. The van der Waals surface area contributed by atoms with Crippen LogP contribution in [0.25, 0.3) is 10.9 Å². The third-order valence-electron chi connectivity index (χ3n) is 4.16. The molecule has 0 aliphatic rings. The van der Waals surface area contributed by atoms with E-state index in [1.165, 1.54) is 6.07 Å². The molecule has 0 aliphatic carbocycles. The average molecular weight is 484 g/mol. The van der Waals surface area contributed by atoms with Gasteiger partial charge in [-0.1, -0.05) is 0 Å². The summed E-state index contributed by atoms with van der Waals surface area (Å²) in [5.74, 6) is 0.600. The number of guanidine groups is 1. The van der Waals surface area contributed by atoms with Gasteiger partial charge in [0.2, 0.25) is 0 Å². The Morgan fingerprint density at radius 3 is 3.00 bits per heavy atom. The number of aliphatic imine (C=N–C) groups is 1. The molecule has 0 fully saturated rings. The lowest BCUT2D eigenvalue weighted by atomic mass is 10.1. The number of aromatic amines is 1. The number of hydrogen-bond acceptors (Lipinski definition) is 2. The molecule has 0 radical (unpaired) electrons. The first-order chi connectivity index (χ1) is 12.8. The van der Waals surface area contributed by atoms with Gasteiger partial charge in [0.05, 0.1) is 6.33 Å². The SMILES string of the molecule is CCNC(=NCCCn1ccnc1)NCCc1c[nH]c2ccc(F)cc12.I. The van der Waals surface area contributed by atoms with Crippen LogP contribution in [0.4, 0.5) is 4.39 Å². The third-order valence-corrected chi connectivity index (χ3v) is 4.16. The molecule has 8 heteroatoms. The van der Waals surface area contributed by atoms with E-state index in [2.05, 4.69) is 25.6 Å². The van der Waals surface area contributed by atoms with Gasteiger partial charge in [-0.3, -0.25) is 4.99 Å². The van der Waals surface area contributed by atoms with Crippen LogP contribution in [-0.4, -0.2) is 40.1 Å². The Morgan fingerprint density at radius 2 is 2.22 bits per heavy atom. The number of H-pyrrole nitrogens is 1. The molecule has 0 unspecified atom stereocenters. The van der Waals surface area contributed by atoms with Crippen molar-refractivity contribution in [1.29, 1.82) is 0 Å². The maximum Gasteiger partial charge on any atom is 0.191 e. The van der Waals surface area contributed by atoms with E-state index >= 15 is 0 Å². The number of rotatable bonds is 8. The van der Waals surface area contributed by atoms with Gasteiger partial charge in [-0.25, -0.2) is 9.37 Å². The molecule has 0 spiro atoms. The molecule has 3 aromatic rings. The maximum absolute atomic E-state index is 13.5. The lowest BCUT2D eigenvalue weighted by molar-refractivity contribution is 0.629. The van der Waals surface area contributed by atoms with Crippen molar-refractivity contribution in [3.63, 3.8) is 0 Å². The summed E-state index contributed by atoms with van der Waals surface area (Å²) in [7, 11) is 0. The van der Waals surface area contributed by atoms with Crippen LogP contribution in [-0.2, 0) is 13.0 Å². The first kappa shape index (κ1) is 21.2. The molecular formula is C19H26FIN6. The number of benzene rings is 1. The Balaban J connectivity index is 0.00000261. The van der Waals surface area contributed by atoms with E-state index in [0.29, 0.717) is 0 Å². The molecule has 2 aromatic heterocycles. The Hall–Kier alpha value is -2.10. The molecule has 1 aromatic carbocycles. The molecule has 0 atom stereocenters. The van der Waals surface area contributed by atoms with Gasteiger partial charge in [0, 0.05) is 55.7 Å². The number of aryl methyl sites for hydroxylation is 1. The van der Waals surface area contributed by atoms with Crippen LogP contribution in [0.15, 0.2) is 48.1 Å². The largest absolute Gasteiger partial charge is 0.361 e. The smallest absolute Gasteiger partial charge is 0.191 e. The van der Waals surface area contributed by atoms with Crippen molar-refractivity contribution in [3.05, 3.63) is 54.5 Å². The summed E-state index contributed by atoms with van der Waals surface area (Å²) < 4.78 is 15.5. The van der Waals surface area contributed by atoms with Crippen LogP contribution in [0.3, 0.4) is 0 Å². The van der Waals surface area contributed by atoms with E-state index in [9.17, 15) is 4.39 Å². The van der Waals surface area contributed by atoms with E-state index in [1.54, 1.807) is 18.3 Å². The highest BCUT2D eigenvalue weighted by atomic mass is 127. The van der Waals surface area contributed by atoms with Crippen LogP contribution >= 0.6 is 24.0 Å². The summed E-state index contributed by atoms with van der Waals surface area (Å²) in [6.07, 6.45) is 9.25. The minimum atomic E-state index is -0.209. The van der Waals surface area contributed by atoms with Gasteiger partial charge >= 0.3 is 0 Å². The number of fused-ring (bicyclic) bond motifs is 1. The fraction of sp³-hybridized carbons (Fsp3) is 0.368. The van der Waals surface area contributed by atoms with Crippen LogP contribution in [0.2, 0.25) is 0 Å². The van der Waals surface area contributed by atoms with E-state index in [-0.39, 0.29) is 29.8 Å². The first-order valence-corrected chi connectivity index (χ1v) is 8.99. The maximum atomic E-state index is 13.5. The Morgan fingerprint density at radius 1 is 1.33 bits per heavy atom. The van der Waals surface area contributed by atoms with E-state index in [4.69, 9.17) is 0 Å². The Kier molecular flexibility index (Phi) is 8.56. The average Bonchev–Trinajstić information content (AvgIpc) is 3.28. The van der Waals surface area contributed by atoms with E-state index in [0.717, 1.165) is 61.4 Å². The highest BCUT2D eigenvalue weighted by Gasteiger charge is 2.05. The van der Waals surface area contributed by atoms with Crippen molar-refractivity contribution < 1.29 is 4.39 Å². The standard InChI is InChI=1S/C19H25FN6.HI/c1-2-22-19(23-7-3-10-26-11-9-21-14-26)24-8-6-15-13-25-18-5-4-16(20)12-17(15)18;/h4-5,9,11-14,25H,2-3,6-8,10H2,1H3,(H2,22,23,24);1H. The first-order valence-electron chi connectivity index (χ1n) is 8.99. The zero-order valence-electron chi connectivity index (χ0n) is 15.4. The molecule has 146 valence electrons. The highest BCUT2D eigenvalue weighted by molar-refractivity contribution is 14.0. The van der Waals surface area contributed by atoms with Gasteiger partial charge in [-0.05, 0) is 43.5 Å². The van der Waals surface area contributed by atoms with Crippen molar-refractivity contribution in [1.82, 2.24) is 25.2 Å². The minimum Gasteiger partial charge on any atom is -0.361 e. The molecular weight excluding hydrogens is 458 g/mol. The zero-order chi connectivity index (χ0) is 18.2. The number of nitrogens with zero attached hydrogens (tertiary/aromatic N) is 3. The van der Waals surface area contributed by atoms with E-state index < -0.39 is 0 Å². The molecule has 0 saturated carbocycles. The van der Waals surface area contributed by atoms with Crippen molar-refractivity contribution >= 4 is 40.8 Å². The zero-order valence-corrected chi connectivity index (χ0v) is 17.7. The highest BCUT2D eigenvalue weighted by Crippen LogP contribution is 2.19. The van der Waals surface area contributed by atoms with Crippen LogP contribution in [0.1, 0.15) is 18.9 Å². The predicted octanol–water partition coefficient (Wildman–Crippen LogP) is 3.31. The minimum absolute atomic E-state index is 0. The second-order valence-electron chi connectivity index (χ2n) is 6.10. The summed E-state index contributed by atoms with van der Waals surface area (Å²) >= 11 is 0. The number of halogens is 2. The number of hydrogen-bond donors (Lipinski definition) is 3. The van der Waals surface area contributed by atoms with Crippen LogP contribution in [0.5, 0.6) is 0 Å². The van der Waals surface area contributed by atoms with Gasteiger partial charge in [0.15, 0.2) is 5.96 Å². The molecule has 0 aliphatic heterocycles. The van der Waals surface area contributed by atoms with Gasteiger partial charge in [-0.15, -0.1) is 24.0 Å². The quantitative estimate of drug-likeness (QED) is 0.199. The van der Waals surface area contributed by atoms with Gasteiger partial charge in [0.25, 0.3) is 0 Å². The van der Waals surface area contributed by atoms with Gasteiger partial charge in [-0.2, -0.15) is 0 Å². The molecule has 6 nitrogen and oxygen atoms in total. The normalized spacial score (nSPS) is 11.4. The predicted molar refractivity (Wildman–Crippen MR) is 118 cm³/mol. The molecule has 3 rings (SSSR count). The molecule has 0 saturated heterocycles. The molecule has 0 bridgehead atoms. The summed E-state index contributed by atoms with van der Waals surface area (Å²) in [4.78, 5) is 11.8. The van der Waals surface area contributed by atoms with Crippen molar-refractivity contribution in [3.8, 4) is 0 Å². The van der Waals surface area contributed by atoms with Gasteiger partial charge < -0.3 is 20.2 Å². The Bertz CT molecular complexity index is 843. The molecule has 27 heavy (non-hydrogen) atoms. The van der Waals surface area contributed by atoms with Crippen LogP contribution < -0.4 is 10.6 Å². The summed E-state index contributed by atoms with van der Waals surface area (Å²) in [5, 5.41) is 7.54. The lowest BCUT2D eigenvalue weighted by Crippen LogP contribution is -2.38. The summed E-state index contributed by atoms with van der Waals surface area (Å²) in [5.41, 5.74) is 2.06. The molecule has 2 heterocycles. The van der Waals surface area contributed by atoms with Crippen LogP contribution in [0, 0.1) is 5.82 Å². The summed E-state index contributed by atoms with van der Waals surface area (Å²) in [6.45, 7) is 5.24. The fourth-order valence-corrected chi connectivity index (χ4v) is 2.88. The third kappa shape index (κ3) is 6.23. The summed E-state index contributed by atoms with van der Waals surface area (Å²) in [6, 6.07) is 4.82. The van der Waals surface area contributed by atoms with Crippen molar-refractivity contribution in [2.24, 2.45) is 4.99 Å². The molecule has 3 N–H and O–H groups in total.